The maximum atomic E-state index is 9.24. The Morgan fingerprint density at radius 1 is 1.40 bits per heavy atom. The van der Waals surface area contributed by atoms with Gasteiger partial charge in [0, 0.05) is 12.6 Å². The number of hydrogen-bond acceptors (Lipinski definition) is 2. The lowest BCUT2D eigenvalue weighted by molar-refractivity contribution is 0.153. The molecule has 0 bridgehead atoms. The molecule has 0 unspecified atom stereocenters. The summed E-state index contributed by atoms with van der Waals surface area (Å²) in [6.07, 6.45) is 2.36. The van der Waals surface area contributed by atoms with Crippen LogP contribution in [0.25, 0.3) is 0 Å². The fourth-order valence-electron chi connectivity index (χ4n) is 2.32. The largest absolute Gasteiger partial charge is 0.395 e. The molecule has 0 amide bonds. The quantitative estimate of drug-likeness (QED) is 0.815. The molecular weight excluding hydrogens is 186 g/mol. The highest BCUT2D eigenvalue weighted by Crippen LogP contribution is 2.20. The molecule has 0 aromatic heterocycles. The lowest BCUT2D eigenvalue weighted by Crippen LogP contribution is -2.31. The Kier molecular flexibility index (Phi) is 3.39. The molecule has 82 valence electrons. The molecule has 1 aromatic carbocycles. The van der Waals surface area contributed by atoms with Crippen LogP contribution in [0.2, 0.25) is 0 Å². The van der Waals surface area contributed by atoms with E-state index in [4.69, 9.17) is 0 Å². The van der Waals surface area contributed by atoms with Crippen molar-refractivity contribution in [2.45, 2.75) is 32.4 Å². The van der Waals surface area contributed by atoms with Crippen LogP contribution in [0.4, 0.5) is 0 Å². The molecule has 15 heavy (non-hydrogen) atoms. The fourth-order valence-corrected chi connectivity index (χ4v) is 2.32. The Balaban J connectivity index is 2.05. The van der Waals surface area contributed by atoms with E-state index >= 15 is 0 Å². The second kappa shape index (κ2) is 4.77. The Labute approximate surface area is 91.5 Å². The summed E-state index contributed by atoms with van der Waals surface area (Å²) in [6.45, 7) is 4.56. The predicted octanol–water partition coefficient (Wildman–Crippen LogP) is 1.95. The highest BCUT2D eigenvalue weighted by molar-refractivity contribution is 5.25. The van der Waals surface area contributed by atoms with E-state index in [1.165, 1.54) is 17.5 Å². The normalized spacial score (nSPS) is 22.1. The van der Waals surface area contributed by atoms with E-state index < -0.39 is 0 Å². The van der Waals surface area contributed by atoms with E-state index in [1.807, 2.05) is 0 Å². The summed E-state index contributed by atoms with van der Waals surface area (Å²) >= 11 is 0. The standard InChI is InChI=1S/C13H19NO/c1-11-5-2-3-6-12(11)9-14-8-4-7-13(14)10-15/h2-3,5-6,13,15H,4,7-10H2,1H3/t13-/m0/s1. The molecule has 0 aliphatic carbocycles. The number of benzene rings is 1. The molecular formula is C13H19NO. The summed E-state index contributed by atoms with van der Waals surface area (Å²) in [5, 5.41) is 9.24. The summed E-state index contributed by atoms with van der Waals surface area (Å²) in [4.78, 5) is 2.39. The van der Waals surface area contributed by atoms with Gasteiger partial charge in [0.05, 0.1) is 6.61 Å². The van der Waals surface area contributed by atoms with Gasteiger partial charge in [-0.2, -0.15) is 0 Å². The molecule has 1 aliphatic heterocycles. The van der Waals surface area contributed by atoms with Crippen LogP contribution in [-0.4, -0.2) is 29.2 Å². The topological polar surface area (TPSA) is 23.5 Å². The lowest BCUT2D eigenvalue weighted by Gasteiger charge is -2.23. The number of aliphatic hydroxyl groups is 1. The SMILES string of the molecule is Cc1ccccc1CN1CCC[C@H]1CO. The van der Waals surface area contributed by atoms with Crippen molar-refractivity contribution in [1.82, 2.24) is 4.90 Å². The molecule has 1 aromatic rings. The van der Waals surface area contributed by atoms with Gasteiger partial charge in [-0.05, 0) is 37.4 Å². The maximum absolute atomic E-state index is 9.24. The number of nitrogens with zero attached hydrogens (tertiary/aromatic N) is 1. The predicted molar refractivity (Wildman–Crippen MR) is 61.7 cm³/mol. The van der Waals surface area contributed by atoms with Gasteiger partial charge in [-0.25, -0.2) is 0 Å². The van der Waals surface area contributed by atoms with E-state index in [9.17, 15) is 5.11 Å². The van der Waals surface area contributed by atoms with Crippen LogP contribution in [0, 0.1) is 6.92 Å². The molecule has 1 heterocycles. The third-order valence-electron chi connectivity index (χ3n) is 3.34. The first kappa shape index (κ1) is 10.7. The van der Waals surface area contributed by atoms with E-state index in [0.29, 0.717) is 12.6 Å². The molecule has 1 N–H and O–H groups in total. The molecule has 1 atom stereocenters. The monoisotopic (exact) mass is 205 g/mol. The van der Waals surface area contributed by atoms with Crippen LogP contribution in [-0.2, 0) is 6.54 Å². The van der Waals surface area contributed by atoms with Crippen LogP contribution in [0.1, 0.15) is 24.0 Å². The molecule has 0 saturated carbocycles. The van der Waals surface area contributed by atoms with Gasteiger partial charge in [0.25, 0.3) is 0 Å². The fraction of sp³-hybridized carbons (Fsp3) is 0.538. The van der Waals surface area contributed by atoms with Crippen molar-refractivity contribution < 1.29 is 5.11 Å². The third-order valence-corrected chi connectivity index (χ3v) is 3.34. The van der Waals surface area contributed by atoms with E-state index in [1.54, 1.807) is 0 Å². The van der Waals surface area contributed by atoms with Crippen LogP contribution in [0.3, 0.4) is 0 Å². The molecule has 2 heteroatoms. The summed E-state index contributed by atoms with van der Waals surface area (Å²) in [5.74, 6) is 0. The van der Waals surface area contributed by atoms with Crippen molar-refractivity contribution in [3.05, 3.63) is 35.4 Å². The second-order valence-corrected chi connectivity index (χ2v) is 4.38. The highest BCUT2D eigenvalue weighted by atomic mass is 16.3. The Morgan fingerprint density at radius 2 is 2.20 bits per heavy atom. The molecule has 0 spiro atoms. The van der Waals surface area contributed by atoms with Crippen molar-refractivity contribution in [2.75, 3.05) is 13.2 Å². The van der Waals surface area contributed by atoms with Gasteiger partial charge in [0.2, 0.25) is 0 Å². The van der Waals surface area contributed by atoms with Gasteiger partial charge in [-0.3, -0.25) is 4.90 Å². The number of aryl methyl sites for hydroxylation is 1. The first-order valence-electron chi connectivity index (χ1n) is 5.70. The summed E-state index contributed by atoms with van der Waals surface area (Å²) in [7, 11) is 0. The minimum atomic E-state index is 0.298. The summed E-state index contributed by atoms with van der Waals surface area (Å²) in [6, 6.07) is 8.88. The Hall–Kier alpha value is -0.860. The van der Waals surface area contributed by atoms with Crippen LogP contribution in [0.15, 0.2) is 24.3 Å². The van der Waals surface area contributed by atoms with Gasteiger partial charge >= 0.3 is 0 Å². The van der Waals surface area contributed by atoms with Crippen molar-refractivity contribution >= 4 is 0 Å². The van der Waals surface area contributed by atoms with Crippen LogP contribution in [0.5, 0.6) is 0 Å². The maximum Gasteiger partial charge on any atom is 0.0587 e. The number of rotatable bonds is 3. The van der Waals surface area contributed by atoms with Gasteiger partial charge in [0.1, 0.15) is 0 Å². The van der Waals surface area contributed by atoms with Crippen molar-refractivity contribution in [3.63, 3.8) is 0 Å². The molecule has 1 saturated heterocycles. The average Bonchev–Trinajstić information content (AvgIpc) is 2.69. The minimum Gasteiger partial charge on any atom is -0.395 e. The van der Waals surface area contributed by atoms with Gasteiger partial charge < -0.3 is 5.11 Å². The Bertz CT molecular complexity index is 324. The molecule has 2 rings (SSSR count). The van der Waals surface area contributed by atoms with Gasteiger partial charge in [-0.15, -0.1) is 0 Å². The zero-order valence-electron chi connectivity index (χ0n) is 9.32. The van der Waals surface area contributed by atoms with Crippen molar-refractivity contribution in [3.8, 4) is 0 Å². The van der Waals surface area contributed by atoms with E-state index in [0.717, 1.165) is 19.5 Å². The first-order chi connectivity index (χ1) is 7.31. The van der Waals surface area contributed by atoms with Crippen molar-refractivity contribution in [1.29, 1.82) is 0 Å². The average molecular weight is 205 g/mol. The van der Waals surface area contributed by atoms with Crippen molar-refractivity contribution in [2.24, 2.45) is 0 Å². The number of hydrogen-bond donors (Lipinski definition) is 1. The third kappa shape index (κ3) is 2.39. The molecule has 1 aliphatic rings. The molecule has 2 nitrogen and oxygen atoms in total. The molecule has 0 radical (unpaired) electrons. The smallest absolute Gasteiger partial charge is 0.0587 e. The van der Waals surface area contributed by atoms with Crippen LogP contribution >= 0.6 is 0 Å². The van der Waals surface area contributed by atoms with Gasteiger partial charge in [0.15, 0.2) is 0 Å². The Morgan fingerprint density at radius 3 is 2.93 bits per heavy atom. The van der Waals surface area contributed by atoms with Gasteiger partial charge in [-0.1, -0.05) is 24.3 Å². The zero-order chi connectivity index (χ0) is 10.7. The summed E-state index contributed by atoms with van der Waals surface area (Å²) in [5.41, 5.74) is 2.74. The minimum absolute atomic E-state index is 0.298. The highest BCUT2D eigenvalue weighted by Gasteiger charge is 2.23. The molecule has 1 fully saturated rings. The number of aliphatic hydroxyl groups excluding tert-OH is 1. The van der Waals surface area contributed by atoms with Crippen LogP contribution < -0.4 is 0 Å². The first-order valence-corrected chi connectivity index (χ1v) is 5.70. The lowest BCUT2D eigenvalue weighted by atomic mass is 10.1. The van der Waals surface area contributed by atoms with E-state index in [2.05, 4.69) is 36.1 Å². The van der Waals surface area contributed by atoms with E-state index in [-0.39, 0.29) is 0 Å². The zero-order valence-corrected chi connectivity index (χ0v) is 9.32. The second-order valence-electron chi connectivity index (χ2n) is 4.38. The summed E-state index contributed by atoms with van der Waals surface area (Å²) < 4.78 is 0. The number of likely N-dealkylation sites (tertiary alicyclic amines) is 1.